The molecule has 2 amide bonds. The fourth-order valence-corrected chi connectivity index (χ4v) is 7.13. The third-order valence-electron chi connectivity index (χ3n) is 8.59. The largest absolute Gasteiger partial charge is 0.478 e. The van der Waals surface area contributed by atoms with E-state index < -0.39 is 29.6 Å². The molecule has 2 atom stereocenters. The normalized spacial score (nSPS) is 19.1. The van der Waals surface area contributed by atoms with Gasteiger partial charge in [-0.2, -0.15) is 0 Å². The van der Waals surface area contributed by atoms with Gasteiger partial charge in [0.15, 0.2) is 10.8 Å². The molecule has 3 aliphatic rings. The van der Waals surface area contributed by atoms with E-state index in [0.29, 0.717) is 54.1 Å². The van der Waals surface area contributed by atoms with Crippen molar-refractivity contribution in [1.29, 1.82) is 0 Å². The molecule has 0 saturated carbocycles. The summed E-state index contributed by atoms with van der Waals surface area (Å²) in [6.07, 6.45) is 3.01. The van der Waals surface area contributed by atoms with Crippen molar-refractivity contribution in [2.45, 2.75) is 12.1 Å². The number of aromatic nitrogens is 2. The number of carboxylic acid groups (broad SMARTS) is 1. The monoisotopic (exact) mass is 735 g/mol. The Morgan fingerprint density at radius 2 is 1.90 bits per heavy atom. The summed E-state index contributed by atoms with van der Waals surface area (Å²) in [5.74, 6) is -2.17. The molecule has 3 aliphatic heterocycles. The molecule has 4 aromatic rings. The number of urea groups is 1. The molecule has 7 rings (SSSR count). The molecule has 2 unspecified atom stereocenters. The minimum Gasteiger partial charge on any atom is -0.478 e. The standard InChI is InChI=1S/C34H28ClF2N7O6S/c1-49-33(47)28-26(40-30(31-38-6-9-51-31)41-29(28)24-4-2-19(36)13-25(24)35)17-42-7-8-43-21(15-42)16-44(34(43)48)27-5-3-22(14-39-27)50-23-11-18(32(45)46)10-20(37)12-23/h2-6,9-14,21,29H,7-8,15-17H2,1H3,(H,40,41)(H,45,46). The molecule has 0 radical (unpaired) electrons. The van der Waals surface area contributed by atoms with Crippen molar-refractivity contribution in [3.8, 4) is 11.5 Å². The van der Waals surface area contributed by atoms with E-state index in [9.17, 15) is 28.3 Å². The van der Waals surface area contributed by atoms with Crippen molar-refractivity contribution in [3.63, 3.8) is 0 Å². The van der Waals surface area contributed by atoms with Crippen LogP contribution in [0, 0.1) is 11.6 Å². The van der Waals surface area contributed by atoms with Crippen LogP contribution in [0.3, 0.4) is 0 Å². The molecule has 2 fully saturated rings. The van der Waals surface area contributed by atoms with Crippen molar-refractivity contribution >= 4 is 52.6 Å². The molecule has 13 nitrogen and oxygen atoms in total. The summed E-state index contributed by atoms with van der Waals surface area (Å²) in [5, 5.41) is 15.0. The first kappa shape index (κ1) is 34.0. The minimum atomic E-state index is -1.29. The SMILES string of the molecule is COC(=O)C1=C(CN2CCN3C(=O)N(c4ccc(Oc5cc(F)cc(C(=O)O)c5)cn4)CC3C2)NC(c2nccs2)=NC1c1ccc(F)cc1Cl. The molecular formula is C34H28ClF2N7O6S. The number of hydrogen-bond donors (Lipinski definition) is 2. The van der Waals surface area contributed by atoms with E-state index in [1.54, 1.807) is 33.5 Å². The molecule has 2 aromatic carbocycles. The predicted octanol–water partition coefficient (Wildman–Crippen LogP) is 5.10. The second kappa shape index (κ2) is 14.0. The van der Waals surface area contributed by atoms with Crippen LogP contribution in [-0.2, 0) is 9.53 Å². The molecule has 2 N–H and O–H groups in total. The second-order valence-corrected chi connectivity index (χ2v) is 13.1. The van der Waals surface area contributed by atoms with Crippen LogP contribution in [0.15, 0.2) is 82.6 Å². The fraction of sp³-hybridized carbons (Fsp3) is 0.235. The van der Waals surface area contributed by atoms with E-state index in [4.69, 9.17) is 26.1 Å². The Hall–Kier alpha value is -5.45. The number of nitrogens with one attached hydrogen (secondary N) is 1. The zero-order chi connectivity index (χ0) is 35.8. The van der Waals surface area contributed by atoms with E-state index in [0.717, 1.165) is 12.1 Å². The Kier molecular flexibility index (Phi) is 9.37. The summed E-state index contributed by atoms with van der Waals surface area (Å²) in [6.45, 7) is 1.99. The summed E-state index contributed by atoms with van der Waals surface area (Å²) in [4.78, 5) is 57.1. The van der Waals surface area contributed by atoms with Crippen molar-refractivity contribution in [2.24, 2.45) is 4.99 Å². The smallest absolute Gasteiger partial charge is 0.338 e. The topological polar surface area (TPSA) is 150 Å². The van der Waals surface area contributed by atoms with Crippen molar-refractivity contribution in [3.05, 3.63) is 110 Å². The lowest BCUT2D eigenvalue weighted by Gasteiger charge is -2.38. The van der Waals surface area contributed by atoms with Gasteiger partial charge in [-0.3, -0.25) is 14.8 Å². The number of carboxylic acids is 1. The molecule has 262 valence electrons. The number of aliphatic imine (C=N–C) groups is 1. The maximum Gasteiger partial charge on any atom is 0.338 e. The van der Waals surface area contributed by atoms with Crippen LogP contribution in [0.4, 0.5) is 19.4 Å². The zero-order valence-corrected chi connectivity index (χ0v) is 28.3. The Morgan fingerprint density at radius 3 is 2.61 bits per heavy atom. The van der Waals surface area contributed by atoms with Gasteiger partial charge in [-0.05, 0) is 36.4 Å². The maximum absolute atomic E-state index is 14.0. The lowest BCUT2D eigenvalue weighted by atomic mass is 9.95. The molecule has 0 bridgehead atoms. The van der Waals surface area contributed by atoms with E-state index >= 15 is 0 Å². The van der Waals surface area contributed by atoms with E-state index in [2.05, 4.69) is 20.2 Å². The number of amidine groups is 1. The number of methoxy groups -OCH3 is 1. The first-order valence-electron chi connectivity index (χ1n) is 15.6. The Balaban J connectivity index is 1.09. The number of fused-ring (bicyclic) bond motifs is 1. The van der Waals surface area contributed by atoms with Crippen LogP contribution < -0.4 is 15.0 Å². The number of piperazine rings is 1. The molecule has 5 heterocycles. The molecule has 2 aromatic heterocycles. The number of benzene rings is 2. The van der Waals surface area contributed by atoms with Gasteiger partial charge in [0, 0.05) is 60.1 Å². The molecule has 51 heavy (non-hydrogen) atoms. The summed E-state index contributed by atoms with van der Waals surface area (Å²) < 4.78 is 38.7. The van der Waals surface area contributed by atoms with Gasteiger partial charge in [0.05, 0.1) is 37.0 Å². The number of hydrogen-bond acceptors (Lipinski definition) is 11. The number of thiazole rings is 1. The van der Waals surface area contributed by atoms with Gasteiger partial charge in [0.1, 0.15) is 35.0 Å². The number of amides is 2. The zero-order valence-electron chi connectivity index (χ0n) is 26.8. The minimum absolute atomic E-state index is 0.00789. The van der Waals surface area contributed by atoms with E-state index in [1.165, 1.54) is 48.9 Å². The number of anilines is 1. The highest BCUT2D eigenvalue weighted by atomic mass is 35.5. The third kappa shape index (κ3) is 6.97. The second-order valence-electron chi connectivity index (χ2n) is 11.8. The van der Waals surface area contributed by atoms with Gasteiger partial charge >= 0.3 is 18.0 Å². The Labute approximate surface area is 298 Å². The molecule has 2 saturated heterocycles. The number of aromatic carboxylic acids is 1. The van der Waals surface area contributed by atoms with Gasteiger partial charge in [-0.25, -0.2) is 33.1 Å². The highest BCUT2D eigenvalue weighted by Gasteiger charge is 2.43. The van der Waals surface area contributed by atoms with E-state index in [-0.39, 0.29) is 46.3 Å². The molecule has 0 spiro atoms. The van der Waals surface area contributed by atoms with Crippen LogP contribution in [0.2, 0.25) is 5.02 Å². The fourth-order valence-electron chi connectivity index (χ4n) is 6.27. The average molecular weight is 736 g/mol. The quantitative estimate of drug-likeness (QED) is 0.222. The summed E-state index contributed by atoms with van der Waals surface area (Å²) in [7, 11) is 1.28. The molecule has 0 aliphatic carbocycles. The summed E-state index contributed by atoms with van der Waals surface area (Å²) >= 11 is 7.84. The van der Waals surface area contributed by atoms with Gasteiger partial charge < -0.3 is 24.8 Å². The van der Waals surface area contributed by atoms with E-state index in [1.807, 2.05) is 0 Å². The lowest BCUT2D eigenvalue weighted by Crippen LogP contribution is -2.53. The number of halogens is 3. The lowest BCUT2D eigenvalue weighted by molar-refractivity contribution is -0.136. The first-order chi connectivity index (χ1) is 24.6. The number of esters is 1. The average Bonchev–Trinajstić information content (AvgIpc) is 3.76. The van der Waals surface area contributed by atoms with Crippen LogP contribution in [-0.4, -0.2) is 94.6 Å². The highest BCUT2D eigenvalue weighted by molar-refractivity contribution is 7.11. The number of nitrogens with zero attached hydrogens (tertiary/aromatic N) is 6. The van der Waals surface area contributed by atoms with Gasteiger partial charge in [-0.15, -0.1) is 11.3 Å². The van der Waals surface area contributed by atoms with Crippen LogP contribution in [0.25, 0.3) is 0 Å². The predicted molar refractivity (Wildman–Crippen MR) is 182 cm³/mol. The number of rotatable bonds is 9. The first-order valence-corrected chi connectivity index (χ1v) is 16.8. The van der Waals surface area contributed by atoms with Crippen LogP contribution in [0.5, 0.6) is 11.5 Å². The summed E-state index contributed by atoms with van der Waals surface area (Å²) in [5.41, 5.74) is 0.915. The van der Waals surface area contributed by atoms with Crippen LogP contribution in [0.1, 0.15) is 27.0 Å². The molecule has 17 heteroatoms. The highest BCUT2D eigenvalue weighted by Crippen LogP contribution is 2.37. The maximum atomic E-state index is 14.0. The third-order valence-corrected chi connectivity index (χ3v) is 9.70. The van der Waals surface area contributed by atoms with Crippen LogP contribution >= 0.6 is 22.9 Å². The number of carbonyl (C=O) groups is 3. The summed E-state index contributed by atoms with van der Waals surface area (Å²) in [6, 6.07) is 8.92. The number of ether oxygens (including phenoxy) is 2. The van der Waals surface area contributed by atoms with Crippen molar-refractivity contribution < 1.29 is 37.7 Å². The Bertz CT molecular complexity index is 2080. The van der Waals surface area contributed by atoms with Gasteiger partial charge in [-0.1, -0.05) is 17.7 Å². The molecular weight excluding hydrogens is 708 g/mol. The van der Waals surface area contributed by atoms with Crippen molar-refractivity contribution in [2.75, 3.05) is 44.7 Å². The number of pyridine rings is 1. The Morgan fingerprint density at radius 1 is 1.06 bits per heavy atom. The van der Waals surface area contributed by atoms with Crippen molar-refractivity contribution in [1.82, 2.24) is 25.1 Å². The van der Waals surface area contributed by atoms with Gasteiger partial charge in [0.25, 0.3) is 0 Å². The van der Waals surface area contributed by atoms with Gasteiger partial charge in [0.2, 0.25) is 0 Å². The number of carbonyl (C=O) groups excluding carboxylic acids is 2.